The Morgan fingerprint density at radius 3 is 2.64 bits per heavy atom. The third-order valence-electron chi connectivity index (χ3n) is 0.998. The van der Waals surface area contributed by atoms with Crippen molar-refractivity contribution in [2.45, 2.75) is 19.8 Å². The molecule has 0 fully saturated rings. The summed E-state index contributed by atoms with van der Waals surface area (Å²) in [6.07, 6.45) is 5.32. The van der Waals surface area contributed by atoms with Gasteiger partial charge in [0, 0.05) is 0 Å². The van der Waals surface area contributed by atoms with Gasteiger partial charge in [-0.1, -0.05) is 12.2 Å². The van der Waals surface area contributed by atoms with Crippen molar-refractivity contribution < 1.29 is 12.6 Å². The van der Waals surface area contributed by atoms with E-state index in [1.807, 2.05) is 19.1 Å². The van der Waals surface area contributed by atoms with Crippen molar-refractivity contribution in [2.75, 3.05) is 6.61 Å². The van der Waals surface area contributed by atoms with Crippen LogP contribution in [-0.4, -0.2) is 15.0 Å². The third kappa shape index (κ3) is 9.61. The van der Waals surface area contributed by atoms with Gasteiger partial charge in [0.2, 0.25) is 0 Å². The molecule has 0 saturated carbocycles. The summed E-state index contributed by atoms with van der Waals surface area (Å²) in [6, 6.07) is 0. The second kappa shape index (κ2) is 5.29. The van der Waals surface area contributed by atoms with Crippen LogP contribution < -0.4 is 5.14 Å². The minimum absolute atomic E-state index is 0.156. The largest absolute Gasteiger partial charge is 0.333 e. The molecule has 0 aromatic rings. The van der Waals surface area contributed by atoms with Gasteiger partial charge in [0.1, 0.15) is 0 Å². The van der Waals surface area contributed by atoms with Gasteiger partial charge in [0.25, 0.3) is 0 Å². The van der Waals surface area contributed by atoms with E-state index >= 15 is 0 Å². The van der Waals surface area contributed by atoms with Crippen molar-refractivity contribution in [3.63, 3.8) is 0 Å². The fraction of sp³-hybridized carbons (Fsp3) is 0.667. The van der Waals surface area contributed by atoms with Gasteiger partial charge < -0.3 is 0 Å². The summed E-state index contributed by atoms with van der Waals surface area (Å²) in [5, 5.41) is 4.58. The topological polar surface area (TPSA) is 69.4 Å². The van der Waals surface area contributed by atoms with Crippen LogP contribution in [0.1, 0.15) is 19.8 Å². The van der Waals surface area contributed by atoms with E-state index in [1.165, 1.54) is 0 Å². The molecule has 0 aliphatic rings. The van der Waals surface area contributed by atoms with E-state index in [0.717, 1.165) is 6.42 Å². The van der Waals surface area contributed by atoms with Crippen LogP contribution in [-0.2, 0) is 14.5 Å². The standard InChI is InChI=1S/C6H13NO3S/c1-2-3-4-5-6-10-11(7,8)9/h2-3H,4-6H2,1H3,(H2,7,8,9). The van der Waals surface area contributed by atoms with Gasteiger partial charge in [-0.3, -0.25) is 4.18 Å². The molecule has 11 heavy (non-hydrogen) atoms. The van der Waals surface area contributed by atoms with E-state index in [1.54, 1.807) is 0 Å². The predicted octanol–water partition coefficient (Wildman–Crippen LogP) is 0.563. The summed E-state index contributed by atoms with van der Waals surface area (Å²) in [7, 11) is -3.74. The van der Waals surface area contributed by atoms with Crippen LogP contribution in [0.25, 0.3) is 0 Å². The third-order valence-corrected chi connectivity index (χ3v) is 1.49. The number of rotatable bonds is 5. The highest BCUT2D eigenvalue weighted by molar-refractivity contribution is 7.84. The van der Waals surface area contributed by atoms with Crippen molar-refractivity contribution in [3.05, 3.63) is 12.2 Å². The summed E-state index contributed by atoms with van der Waals surface area (Å²) < 4.78 is 24.7. The lowest BCUT2D eigenvalue weighted by Crippen LogP contribution is -2.16. The number of unbranched alkanes of at least 4 members (excludes halogenated alkanes) is 1. The maximum atomic E-state index is 10.2. The van der Waals surface area contributed by atoms with Crippen LogP contribution in [0.2, 0.25) is 0 Å². The van der Waals surface area contributed by atoms with Crippen LogP contribution in [0.3, 0.4) is 0 Å². The zero-order chi connectivity index (χ0) is 8.74. The van der Waals surface area contributed by atoms with E-state index in [4.69, 9.17) is 0 Å². The quantitative estimate of drug-likeness (QED) is 0.495. The normalized spacial score (nSPS) is 12.5. The van der Waals surface area contributed by atoms with E-state index < -0.39 is 10.3 Å². The van der Waals surface area contributed by atoms with Gasteiger partial charge in [0.05, 0.1) is 6.61 Å². The number of allylic oxidation sites excluding steroid dienone is 2. The van der Waals surface area contributed by atoms with Gasteiger partial charge in [-0.15, -0.1) is 0 Å². The van der Waals surface area contributed by atoms with Gasteiger partial charge in [-0.25, -0.2) is 5.14 Å². The van der Waals surface area contributed by atoms with E-state index in [9.17, 15) is 8.42 Å². The highest BCUT2D eigenvalue weighted by atomic mass is 32.2. The Morgan fingerprint density at radius 1 is 1.55 bits per heavy atom. The summed E-state index contributed by atoms with van der Waals surface area (Å²) in [4.78, 5) is 0. The van der Waals surface area contributed by atoms with Crippen LogP contribution >= 0.6 is 0 Å². The monoisotopic (exact) mass is 179 g/mol. The van der Waals surface area contributed by atoms with E-state index in [0.29, 0.717) is 6.42 Å². The first kappa shape index (κ1) is 10.6. The lowest BCUT2D eigenvalue weighted by Gasteiger charge is -1.97. The molecule has 0 amide bonds. The Labute approximate surface area is 67.3 Å². The summed E-state index contributed by atoms with van der Waals surface area (Å²) in [5.41, 5.74) is 0. The van der Waals surface area contributed by atoms with E-state index in [-0.39, 0.29) is 6.61 Å². The maximum absolute atomic E-state index is 10.2. The minimum Gasteiger partial charge on any atom is -0.258 e. The fourth-order valence-corrected chi connectivity index (χ4v) is 0.893. The summed E-state index contributed by atoms with van der Waals surface area (Å²) in [5.74, 6) is 0. The van der Waals surface area contributed by atoms with Crippen LogP contribution in [0.15, 0.2) is 12.2 Å². The van der Waals surface area contributed by atoms with Crippen molar-refractivity contribution in [3.8, 4) is 0 Å². The number of hydrogen-bond donors (Lipinski definition) is 1. The molecule has 5 heteroatoms. The molecule has 0 heterocycles. The molecule has 0 spiro atoms. The zero-order valence-electron chi connectivity index (χ0n) is 6.49. The fourth-order valence-electron chi connectivity index (χ4n) is 0.543. The van der Waals surface area contributed by atoms with Crippen molar-refractivity contribution >= 4 is 10.3 Å². The van der Waals surface area contributed by atoms with Crippen molar-refractivity contribution in [2.24, 2.45) is 5.14 Å². The Kier molecular flexibility index (Phi) is 5.10. The summed E-state index contributed by atoms with van der Waals surface area (Å²) >= 11 is 0. The molecule has 2 N–H and O–H groups in total. The molecule has 4 nitrogen and oxygen atoms in total. The smallest absolute Gasteiger partial charge is 0.258 e. The molecule has 0 saturated heterocycles. The van der Waals surface area contributed by atoms with Crippen LogP contribution in [0, 0.1) is 0 Å². The van der Waals surface area contributed by atoms with Gasteiger partial charge in [-0.05, 0) is 19.8 Å². The van der Waals surface area contributed by atoms with Crippen LogP contribution in [0.5, 0.6) is 0 Å². The van der Waals surface area contributed by atoms with Gasteiger partial charge in [-0.2, -0.15) is 8.42 Å². The second-order valence-corrected chi connectivity index (χ2v) is 3.25. The predicted molar refractivity (Wildman–Crippen MR) is 43.1 cm³/mol. The molecular weight excluding hydrogens is 166 g/mol. The van der Waals surface area contributed by atoms with Gasteiger partial charge >= 0.3 is 10.3 Å². The second-order valence-electron chi connectivity index (χ2n) is 2.03. The molecule has 0 aromatic carbocycles. The van der Waals surface area contributed by atoms with Crippen LogP contribution in [0.4, 0.5) is 0 Å². The SMILES string of the molecule is CC=CCCCOS(N)(=O)=O. The minimum atomic E-state index is -3.74. The summed E-state index contributed by atoms with van der Waals surface area (Å²) in [6.45, 7) is 2.06. The molecule has 0 aliphatic heterocycles. The van der Waals surface area contributed by atoms with Crippen molar-refractivity contribution in [1.82, 2.24) is 0 Å². The Bertz CT molecular complexity index is 208. The Morgan fingerprint density at radius 2 is 2.18 bits per heavy atom. The molecule has 0 rings (SSSR count). The first-order valence-electron chi connectivity index (χ1n) is 3.34. The zero-order valence-corrected chi connectivity index (χ0v) is 7.30. The molecule has 0 atom stereocenters. The Hall–Kier alpha value is -0.390. The Balaban J connectivity index is 3.29. The molecule has 0 aliphatic carbocycles. The van der Waals surface area contributed by atoms with Gasteiger partial charge in [0.15, 0.2) is 0 Å². The van der Waals surface area contributed by atoms with E-state index in [2.05, 4.69) is 9.32 Å². The molecule has 0 unspecified atom stereocenters. The average molecular weight is 179 g/mol. The number of hydrogen-bond acceptors (Lipinski definition) is 3. The lowest BCUT2D eigenvalue weighted by atomic mass is 10.3. The number of nitrogens with two attached hydrogens (primary N) is 1. The molecule has 0 radical (unpaired) electrons. The van der Waals surface area contributed by atoms with Crippen molar-refractivity contribution in [1.29, 1.82) is 0 Å². The first-order chi connectivity index (χ1) is 5.06. The average Bonchev–Trinajstić information content (AvgIpc) is 1.85. The lowest BCUT2D eigenvalue weighted by molar-refractivity contribution is 0.314. The highest BCUT2D eigenvalue weighted by Gasteiger charge is 1.99. The first-order valence-corrected chi connectivity index (χ1v) is 4.81. The molecular formula is C6H13NO3S. The highest BCUT2D eigenvalue weighted by Crippen LogP contribution is 1.93. The molecule has 0 bridgehead atoms. The maximum Gasteiger partial charge on any atom is 0.333 e. The molecule has 66 valence electrons. The molecule has 0 aromatic heterocycles.